The second-order valence-electron chi connectivity index (χ2n) is 4.95. The molecule has 1 atom stereocenters. The fourth-order valence-electron chi connectivity index (χ4n) is 2.40. The van der Waals surface area contributed by atoms with Crippen LogP contribution in [0.3, 0.4) is 0 Å². The molecule has 20 heavy (non-hydrogen) atoms. The first-order valence-electron chi connectivity index (χ1n) is 6.63. The monoisotopic (exact) mass is 264 g/mol. The van der Waals surface area contributed by atoms with Crippen LogP contribution in [0.5, 0.6) is 0 Å². The van der Waals surface area contributed by atoms with Crippen LogP contribution >= 0.6 is 0 Å². The van der Waals surface area contributed by atoms with Crippen LogP contribution in [0.1, 0.15) is 6.42 Å². The van der Waals surface area contributed by atoms with Gasteiger partial charge >= 0.3 is 0 Å². The third-order valence-corrected chi connectivity index (χ3v) is 3.59. The van der Waals surface area contributed by atoms with E-state index < -0.39 is 0 Å². The van der Waals surface area contributed by atoms with E-state index in [1.54, 1.807) is 0 Å². The number of benzene rings is 1. The van der Waals surface area contributed by atoms with Crippen molar-refractivity contribution in [2.75, 3.05) is 0 Å². The van der Waals surface area contributed by atoms with Crippen molar-refractivity contribution in [3.63, 3.8) is 0 Å². The van der Waals surface area contributed by atoms with Gasteiger partial charge in [0.25, 0.3) is 0 Å². The molecule has 0 spiro atoms. The molecule has 1 aromatic carbocycles. The van der Waals surface area contributed by atoms with Gasteiger partial charge in [-0.05, 0) is 16.8 Å². The number of aromatic nitrogens is 4. The molecule has 1 heterocycles. The Morgan fingerprint density at radius 1 is 1.25 bits per heavy atom. The zero-order chi connectivity index (χ0) is 13.8. The Kier molecular flexibility index (Phi) is 3.29. The highest BCUT2D eigenvalue weighted by molar-refractivity contribution is 5.53. The Bertz CT molecular complexity index is 654. The molecule has 0 fully saturated rings. The van der Waals surface area contributed by atoms with Crippen LogP contribution in [0, 0.1) is 5.41 Å². The molecule has 0 aliphatic heterocycles. The standard InChI is InChI=1S/C16H16N4/c1-2-16(11-7-4-8-12-16)13-20-15(17-18-19-20)14-9-5-3-6-10-14/h2-11H,1,12-13H2. The maximum atomic E-state index is 4.14. The maximum Gasteiger partial charge on any atom is 0.182 e. The number of rotatable bonds is 4. The number of allylic oxidation sites excluding steroid dienone is 5. The van der Waals surface area contributed by atoms with Gasteiger partial charge in [0.15, 0.2) is 5.82 Å². The van der Waals surface area contributed by atoms with Crippen molar-refractivity contribution in [2.45, 2.75) is 13.0 Å². The summed E-state index contributed by atoms with van der Waals surface area (Å²) in [5, 5.41) is 12.1. The molecule has 1 aromatic heterocycles. The molecule has 1 aliphatic carbocycles. The van der Waals surface area contributed by atoms with Gasteiger partial charge < -0.3 is 0 Å². The summed E-state index contributed by atoms with van der Waals surface area (Å²) >= 11 is 0. The van der Waals surface area contributed by atoms with E-state index in [4.69, 9.17) is 0 Å². The van der Waals surface area contributed by atoms with Gasteiger partial charge in [-0.3, -0.25) is 0 Å². The zero-order valence-corrected chi connectivity index (χ0v) is 11.2. The first-order valence-corrected chi connectivity index (χ1v) is 6.63. The molecule has 0 amide bonds. The Morgan fingerprint density at radius 3 is 2.80 bits per heavy atom. The Hall–Kier alpha value is -2.49. The van der Waals surface area contributed by atoms with E-state index in [0.29, 0.717) is 6.54 Å². The van der Waals surface area contributed by atoms with Gasteiger partial charge in [-0.25, -0.2) is 4.68 Å². The van der Waals surface area contributed by atoms with Crippen LogP contribution in [0.4, 0.5) is 0 Å². The van der Waals surface area contributed by atoms with Crippen molar-refractivity contribution in [3.05, 3.63) is 67.3 Å². The molecule has 3 rings (SSSR count). The van der Waals surface area contributed by atoms with E-state index in [9.17, 15) is 0 Å². The minimum atomic E-state index is -0.117. The van der Waals surface area contributed by atoms with Crippen molar-refractivity contribution in [2.24, 2.45) is 5.41 Å². The van der Waals surface area contributed by atoms with Gasteiger partial charge in [-0.15, -0.1) is 11.7 Å². The van der Waals surface area contributed by atoms with Crippen LogP contribution in [0.15, 0.2) is 67.3 Å². The highest BCUT2D eigenvalue weighted by Gasteiger charge is 2.26. The maximum absolute atomic E-state index is 4.14. The average molecular weight is 264 g/mol. The summed E-state index contributed by atoms with van der Waals surface area (Å²) in [5.41, 5.74) is 0.903. The highest BCUT2D eigenvalue weighted by atomic mass is 15.5. The minimum Gasteiger partial charge on any atom is -0.224 e. The van der Waals surface area contributed by atoms with Crippen LogP contribution < -0.4 is 0 Å². The molecule has 1 unspecified atom stereocenters. The molecule has 0 radical (unpaired) electrons. The fourth-order valence-corrected chi connectivity index (χ4v) is 2.40. The Labute approximate surface area is 118 Å². The molecule has 2 aromatic rings. The lowest BCUT2D eigenvalue weighted by atomic mass is 9.81. The van der Waals surface area contributed by atoms with Gasteiger partial charge in [0.2, 0.25) is 0 Å². The molecular formula is C16H16N4. The van der Waals surface area contributed by atoms with Crippen LogP contribution in [-0.4, -0.2) is 20.2 Å². The van der Waals surface area contributed by atoms with Crippen molar-refractivity contribution >= 4 is 0 Å². The topological polar surface area (TPSA) is 43.6 Å². The summed E-state index contributed by atoms with van der Waals surface area (Å²) in [5.74, 6) is 0.787. The van der Waals surface area contributed by atoms with Crippen molar-refractivity contribution in [3.8, 4) is 11.4 Å². The van der Waals surface area contributed by atoms with Crippen molar-refractivity contribution in [1.82, 2.24) is 20.2 Å². The number of tetrazole rings is 1. The predicted octanol–water partition coefficient (Wildman–Crippen LogP) is 3.03. The molecule has 0 saturated heterocycles. The van der Waals surface area contributed by atoms with E-state index in [0.717, 1.165) is 17.8 Å². The van der Waals surface area contributed by atoms with E-state index >= 15 is 0 Å². The summed E-state index contributed by atoms with van der Waals surface area (Å²) in [6.07, 6.45) is 11.3. The molecule has 4 heteroatoms. The Morgan fingerprint density at radius 2 is 2.10 bits per heavy atom. The second-order valence-corrected chi connectivity index (χ2v) is 4.95. The SMILES string of the molecule is C=CC1(Cn2nnnc2-c2ccccc2)C=CC=CC1. The molecule has 1 aliphatic rings. The summed E-state index contributed by atoms with van der Waals surface area (Å²) in [6, 6.07) is 9.98. The van der Waals surface area contributed by atoms with E-state index in [1.807, 2.05) is 41.1 Å². The normalized spacial score (nSPS) is 21.0. The number of nitrogens with zero attached hydrogens (tertiary/aromatic N) is 4. The van der Waals surface area contributed by atoms with E-state index in [1.165, 1.54) is 0 Å². The molecule has 100 valence electrons. The lowest BCUT2D eigenvalue weighted by Gasteiger charge is -2.27. The van der Waals surface area contributed by atoms with Crippen LogP contribution in [0.25, 0.3) is 11.4 Å². The molecular weight excluding hydrogens is 248 g/mol. The average Bonchev–Trinajstić information content (AvgIpc) is 2.97. The van der Waals surface area contributed by atoms with Gasteiger partial charge in [0.05, 0.1) is 6.54 Å². The van der Waals surface area contributed by atoms with E-state index in [-0.39, 0.29) is 5.41 Å². The predicted molar refractivity (Wildman–Crippen MR) is 78.8 cm³/mol. The van der Waals surface area contributed by atoms with Gasteiger partial charge in [-0.2, -0.15) is 0 Å². The van der Waals surface area contributed by atoms with Crippen molar-refractivity contribution < 1.29 is 0 Å². The highest BCUT2D eigenvalue weighted by Crippen LogP contribution is 2.32. The van der Waals surface area contributed by atoms with Crippen molar-refractivity contribution in [1.29, 1.82) is 0 Å². The molecule has 0 saturated carbocycles. The first kappa shape index (κ1) is 12.5. The van der Waals surface area contributed by atoms with Gasteiger partial charge in [0.1, 0.15) is 0 Å². The lowest BCUT2D eigenvalue weighted by Crippen LogP contribution is -2.24. The molecule has 4 nitrogen and oxygen atoms in total. The minimum absolute atomic E-state index is 0.117. The third-order valence-electron chi connectivity index (χ3n) is 3.59. The summed E-state index contributed by atoms with van der Waals surface area (Å²) in [4.78, 5) is 0. The van der Waals surface area contributed by atoms with Crippen LogP contribution in [0.2, 0.25) is 0 Å². The van der Waals surface area contributed by atoms with Crippen LogP contribution in [-0.2, 0) is 6.54 Å². The van der Waals surface area contributed by atoms with Gasteiger partial charge in [0, 0.05) is 11.0 Å². The third kappa shape index (κ3) is 2.32. The van der Waals surface area contributed by atoms with Gasteiger partial charge in [-0.1, -0.05) is 60.7 Å². The summed E-state index contributed by atoms with van der Waals surface area (Å²) in [7, 11) is 0. The lowest BCUT2D eigenvalue weighted by molar-refractivity contribution is 0.383. The summed E-state index contributed by atoms with van der Waals surface area (Å²) < 4.78 is 1.85. The Balaban J connectivity index is 1.93. The zero-order valence-electron chi connectivity index (χ0n) is 11.2. The molecule has 0 bridgehead atoms. The smallest absolute Gasteiger partial charge is 0.182 e. The van der Waals surface area contributed by atoms with E-state index in [2.05, 4.69) is 46.4 Å². The first-order chi connectivity index (χ1) is 9.83. The largest absolute Gasteiger partial charge is 0.224 e. The summed E-state index contributed by atoms with van der Waals surface area (Å²) in [6.45, 7) is 4.66. The molecule has 0 N–H and O–H groups in total. The number of hydrogen-bond acceptors (Lipinski definition) is 3. The fraction of sp³-hybridized carbons (Fsp3) is 0.188. The second kappa shape index (κ2) is 5.25. The quantitative estimate of drug-likeness (QED) is 0.797. The number of hydrogen-bond donors (Lipinski definition) is 0.